The van der Waals surface area contributed by atoms with Crippen LogP contribution in [0.3, 0.4) is 0 Å². The lowest BCUT2D eigenvalue weighted by molar-refractivity contribution is 0.414. The van der Waals surface area contributed by atoms with Crippen molar-refractivity contribution in [3.63, 3.8) is 0 Å². The standard InChI is InChI=1S/C60H70N2O4S2Si2/c1-7-9-11-19-41-69-55-43-57(61(45-21-15-13-16-22-45,47-25-33-51(63-3)34-26-47)48-27-35-52(64-4)36-28-48)67-59(55)60-56(70-42-20-12-10-8-2)44-58(68-60)62(46-23-17-14-18-24-46,49-29-37-53(65-5)38-30-49)50-31-39-54(66-6)40-32-50/h13-18,21-40,43-44,59-60,69-70H,7-12,19-20,41-42H2,1-6H3/q+2. The Morgan fingerprint density at radius 3 is 0.929 bits per heavy atom. The first-order valence-electron chi connectivity index (χ1n) is 25.1. The lowest BCUT2D eigenvalue weighted by Gasteiger charge is -2.38. The zero-order valence-electron chi connectivity index (χ0n) is 41.9. The number of nitrogens with zero attached hydrogens (tertiary/aromatic N) is 2. The maximum Gasteiger partial charge on any atom is 0.183 e. The van der Waals surface area contributed by atoms with Crippen molar-refractivity contribution >= 4 is 86.2 Å². The van der Waals surface area contributed by atoms with Crippen LogP contribution in [-0.2, 0) is 0 Å². The summed E-state index contributed by atoms with van der Waals surface area (Å²) in [4.78, 5) is 0. The Morgan fingerprint density at radius 2 is 0.657 bits per heavy atom. The summed E-state index contributed by atoms with van der Waals surface area (Å²) in [6.45, 7) is 4.63. The molecule has 2 aliphatic rings. The summed E-state index contributed by atoms with van der Waals surface area (Å²) < 4.78 is 24.0. The van der Waals surface area contributed by atoms with Gasteiger partial charge in [-0.25, -0.2) is 0 Å². The highest BCUT2D eigenvalue weighted by Crippen LogP contribution is 2.59. The molecule has 6 aromatic rings. The fourth-order valence-corrected chi connectivity index (χ4v) is 17.7. The molecule has 2 atom stereocenters. The number of hydrogen-bond acceptors (Lipinski definition) is 6. The van der Waals surface area contributed by atoms with Crippen LogP contribution in [0.5, 0.6) is 23.0 Å². The van der Waals surface area contributed by atoms with Crippen molar-refractivity contribution in [1.29, 1.82) is 0 Å². The van der Waals surface area contributed by atoms with E-state index in [0.717, 1.165) is 45.7 Å². The first-order valence-corrected chi connectivity index (χ1v) is 29.6. The summed E-state index contributed by atoms with van der Waals surface area (Å²) in [5.41, 5.74) is 7.04. The van der Waals surface area contributed by atoms with E-state index < -0.39 is 0 Å². The second kappa shape index (κ2) is 24.8. The number of thioether (sulfide) groups is 2. The second-order valence-corrected chi connectivity index (χ2v) is 23.6. The second-order valence-electron chi connectivity index (χ2n) is 18.0. The van der Waals surface area contributed by atoms with Crippen LogP contribution in [0.2, 0.25) is 12.1 Å². The van der Waals surface area contributed by atoms with Crippen molar-refractivity contribution in [2.75, 3.05) is 28.4 Å². The van der Waals surface area contributed by atoms with Gasteiger partial charge in [0.05, 0.1) is 38.9 Å². The normalized spacial score (nSPS) is 17.1. The number of ether oxygens (including phenoxy) is 4. The lowest BCUT2D eigenvalue weighted by atomic mass is 10.1. The molecule has 0 amide bonds. The molecular weight excluding hydrogens is 933 g/mol. The number of methoxy groups -OCH3 is 4. The van der Waals surface area contributed by atoms with E-state index in [1.165, 1.54) is 84.9 Å². The molecule has 2 heterocycles. The van der Waals surface area contributed by atoms with Crippen molar-refractivity contribution in [3.8, 4) is 23.0 Å². The maximum absolute atomic E-state index is 5.78. The van der Waals surface area contributed by atoms with E-state index in [2.05, 4.69) is 207 Å². The molecule has 0 aromatic heterocycles. The zero-order chi connectivity index (χ0) is 48.8. The minimum Gasteiger partial charge on any atom is -0.497 e. The van der Waals surface area contributed by atoms with E-state index in [1.54, 1.807) is 38.8 Å². The quantitative estimate of drug-likeness (QED) is 0.0362. The van der Waals surface area contributed by atoms with E-state index in [1.807, 2.05) is 0 Å². The molecule has 362 valence electrons. The van der Waals surface area contributed by atoms with E-state index in [4.69, 9.17) is 18.9 Å². The Balaban J connectivity index is 1.34. The molecule has 8 rings (SSSR count). The number of quaternary nitrogens is 2. The van der Waals surface area contributed by atoms with Gasteiger partial charge in [-0.3, -0.25) is 0 Å². The van der Waals surface area contributed by atoms with E-state index in [-0.39, 0.29) is 28.8 Å². The molecule has 0 spiro atoms. The molecule has 10 heteroatoms. The molecule has 0 bridgehead atoms. The van der Waals surface area contributed by atoms with Crippen molar-refractivity contribution in [3.05, 3.63) is 180 Å². The fourth-order valence-electron chi connectivity index (χ4n) is 9.95. The average Bonchev–Trinajstić information content (AvgIpc) is 4.05. The number of allylic oxidation sites excluding steroid dienone is 2. The molecule has 6 nitrogen and oxygen atoms in total. The zero-order valence-corrected chi connectivity index (χ0v) is 45.8. The number of rotatable bonds is 23. The first-order chi connectivity index (χ1) is 34.4. The van der Waals surface area contributed by atoms with Crippen molar-refractivity contribution in [2.45, 2.75) is 87.8 Å². The van der Waals surface area contributed by atoms with Gasteiger partial charge in [0.1, 0.15) is 57.1 Å². The van der Waals surface area contributed by atoms with Gasteiger partial charge in [-0.15, -0.1) is 0 Å². The molecule has 0 saturated carbocycles. The van der Waals surface area contributed by atoms with Crippen LogP contribution in [-0.4, -0.2) is 67.5 Å². The van der Waals surface area contributed by atoms with Crippen LogP contribution >= 0.6 is 23.5 Å². The van der Waals surface area contributed by atoms with Crippen LogP contribution in [0.4, 0.5) is 34.1 Å². The smallest absolute Gasteiger partial charge is 0.183 e. The molecule has 70 heavy (non-hydrogen) atoms. The van der Waals surface area contributed by atoms with Crippen molar-refractivity contribution < 1.29 is 18.9 Å². The van der Waals surface area contributed by atoms with Gasteiger partial charge in [0, 0.05) is 84.9 Å². The van der Waals surface area contributed by atoms with Crippen LogP contribution in [0.1, 0.15) is 65.2 Å². The number of hydrogen-bond donors (Lipinski definition) is 0. The third-order valence-electron chi connectivity index (χ3n) is 13.7. The Kier molecular flexibility index (Phi) is 18.1. The van der Waals surface area contributed by atoms with Crippen molar-refractivity contribution in [1.82, 2.24) is 8.97 Å². The SMILES string of the molecule is CCCCCC[SiH]=C1C=C([N+](c2ccccc2)(c2ccc(OC)cc2)c2ccc(OC)cc2)SC1C1SC([N+](c2ccccc2)(c2ccc(OC)cc2)c2ccc(OC)cc2)=CC1=[SiH]CCCCCC. The Bertz CT molecular complexity index is 2440. The van der Waals surface area contributed by atoms with Gasteiger partial charge >= 0.3 is 0 Å². The van der Waals surface area contributed by atoms with Crippen LogP contribution in [0, 0.1) is 0 Å². The third-order valence-corrected chi connectivity index (χ3v) is 20.6. The minimum absolute atomic E-state index is 0.0371. The van der Waals surface area contributed by atoms with Gasteiger partial charge in [0.2, 0.25) is 0 Å². The number of para-hydroxylation sites is 2. The summed E-state index contributed by atoms with van der Waals surface area (Å²) in [6, 6.07) is 59.8. The number of unbranched alkanes of at least 4 members (excludes halogenated alkanes) is 6. The number of benzene rings is 6. The average molecular weight is 1000 g/mol. The topological polar surface area (TPSA) is 36.9 Å². The first kappa shape index (κ1) is 51.2. The van der Waals surface area contributed by atoms with Crippen LogP contribution in [0.25, 0.3) is 0 Å². The molecule has 0 N–H and O–H groups in total. The van der Waals surface area contributed by atoms with E-state index in [9.17, 15) is 0 Å². The Labute approximate surface area is 430 Å². The van der Waals surface area contributed by atoms with Crippen LogP contribution < -0.4 is 27.9 Å². The molecule has 0 fully saturated rings. The highest BCUT2D eigenvalue weighted by Gasteiger charge is 2.52. The molecule has 0 aliphatic carbocycles. The van der Waals surface area contributed by atoms with Gasteiger partial charge in [-0.05, 0) is 78.9 Å². The predicted octanol–water partition coefficient (Wildman–Crippen LogP) is 15.5. The lowest BCUT2D eigenvalue weighted by Crippen LogP contribution is -2.38. The molecule has 2 aliphatic heterocycles. The van der Waals surface area contributed by atoms with Gasteiger partial charge in [-0.1, -0.05) is 135 Å². The van der Waals surface area contributed by atoms with Crippen LogP contribution in [0.15, 0.2) is 180 Å². The molecular formula is C60H70N2O4S2Si2+2. The maximum atomic E-state index is 5.78. The summed E-state index contributed by atoms with van der Waals surface area (Å²) in [5.74, 6) is 3.37. The van der Waals surface area contributed by atoms with Gasteiger partial charge in [0.25, 0.3) is 0 Å². The summed E-state index contributed by atoms with van der Waals surface area (Å²) in [6.07, 6.45) is 15.5. The summed E-state index contributed by atoms with van der Waals surface area (Å²) in [5, 5.41) is 6.38. The van der Waals surface area contributed by atoms with Gasteiger partial charge in [-0.2, -0.15) is 8.97 Å². The minimum atomic E-state index is 0.0371. The Morgan fingerprint density at radius 1 is 0.371 bits per heavy atom. The molecule has 0 saturated heterocycles. The fraction of sp³-hybridized carbons (Fsp3) is 0.300. The predicted molar refractivity (Wildman–Crippen MR) is 308 cm³/mol. The Hall–Kier alpha value is -5.21. The van der Waals surface area contributed by atoms with Gasteiger partial charge in [0.15, 0.2) is 10.1 Å². The summed E-state index contributed by atoms with van der Waals surface area (Å²) in [7, 11) is 7.07. The molecule has 2 unspecified atom stereocenters. The van der Waals surface area contributed by atoms with E-state index >= 15 is 0 Å². The molecule has 6 aromatic carbocycles. The third kappa shape index (κ3) is 10.8. The van der Waals surface area contributed by atoms with Crippen molar-refractivity contribution in [2.24, 2.45) is 0 Å². The van der Waals surface area contributed by atoms with E-state index in [0.29, 0.717) is 8.97 Å². The highest BCUT2D eigenvalue weighted by atomic mass is 32.2. The molecule has 0 radical (unpaired) electrons. The largest absolute Gasteiger partial charge is 0.497 e. The van der Waals surface area contributed by atoms with Gasteiger partial charge < -0.3 is 18.9 Å². The highest BCUT2D eigenvalue weighted by molar-refractivity contribution is 8.09. The monoisotopic (exact) mass is 1000 g/mol. The summed E-state index contributed by atoms with van der Waals surface area (Å²) >= 11 is 4.22.